The molecular weight excluding hydrogens is 196 g/mol. The number of benzene rings is 1. The fraction of sp³-hybridized carbons (Fsp3) is 0.571. The lowest BCUT2D eigenvalue weighted by Crippen LogP contribution is -2.23. The molecule has 1 aromatic rings. The number of hydrogen-bond donors (Lipinski definition) is 2. The van der Waals surface area contributed by atoms with Crippen molar-refractivity contribution in [3.8, 4) is 0 Å². The summed E-state index contributed by atoms with van der Waals surface area (Å²) in [5.41, 5.74) is 4.40. The first-order chi connectivity index (χ1) is 7.92. The van der Waals surface area contributed by atoms with Crippen molar-refractivity contribution in [3.05, 3.63) is 29.3 Å². The molecule has 0 amide bonds. The molecule has 16 heavy (non-hydrogen) atoms. The van der Waals surface area contributed by atoms with Crippen LogP contribution in [0.25, 0.3) is 0 Å². The third-order valence-corrected chi connectivity index (χ3v) is 3.56. The Morgan fingerprint density at radius 3 is 2.81 bits per heavy atom. The summed E-state index contributed by atoms with van der Waals surface area (Å²) in [5, 5.41) is 7.01. The number of anilines is 1. The second-order valence-corrected chi connectivity index (χ2v) is 4.99. The van der Waals surface area contributed by atoms with Gasteiger partial charge < -0.3 is 10.6 Å². The lowest BCUT2D eigenvalue weighted by Gasteiger charge is -2.09. The van der Waals surface area contributed by atoms with Crippen molar-refractivity contribution in [2.24, 2.45) is 0 Å². The number of nitrogens with one attached hydrogen (secondary N) is 2. The van der Waals surface area contributed by atoms with E-state index >= 15 is 0 Å². The molecule has 0 heterocycles. The zero-order valence-corrected chi connectivity index (χ0v) is 9.76. The molecule has 2 aliphatic rings. The molecule has 2 aliphatic carbocycles. The standard InChI is InChI=1S/C14H20N2/c1-2-11-4-5-14(10-12(11)3-1)16-9-8-15-13-6-7-13/h4-5,10,13,15-16H,1-3,6-9H2. The number of hydrogen-bond acceptors (Lipinski definition) is 2. The molecule has 0 unspecified atom stereocenters. The molecule has 1 saturated carbocycles. The molecule has 86 valence electrons. The minimum atomic E-state index is 0.821. The van der Waals surface area contributed by atoms with Crippen molar-refractivity contribution in [1.29, 1.82) is 0 Å². The van der Waals surface area contributed by atoms with E-state index in [9.17, 15) is 0 Å². The van der Waals surface area contributed by atoms with Crippen LogP contribution in [-0.4, -0.2) is 19.1 Å². The Morgan fingerprint density at radius 1 is 1.06 bits per heavy atom. The topological polar surface area (TPSA) is 24.1 Å². The average molecular weight is 216 g/mol. The third kappa shape index (κ3) is 2.38. The first kappa shape index (κ1) is 10.2. The van der Waals surface area contributed by atoms with Crippen LogP contribution < -0.4 is 10.6 Å². The monoisotopic (exact) mass is 216 g/mol. The van der Waals surface area contributed by atoms with E-state index in [0.717, 1.165) is 19.1 Å². The highest BCUT2D eigenvalue weighted by molar-refractivity contribution is 5.50. The highest BCUT2D eigenvalue weighted by Crippen LogP contribution is 2.24. The molecule has 0 radical (unpaired) electrons. The second-order valence-electron chi connectivity index (χ2n) is 4.99. The normalized spacial score (nSPS) is 18.5. The van der Waals surface area contributed by atoms with E-state index in [0.29, 0.717) is 0 Å². The molecule has 0 bridgehead atoms. The summed E-state index contributed by atoms with van der Waals surface area (Å²) < 4.78 is 0. The van der Waals surface area contributed by atoms with E-state index in [-0.39, 0.29) is 0 Å². The van der Waals surface area contributed by atoms with Crippen LogP contribution in [0.4, 0.5) is 5.69 Å². The molecule has 1 aromatic carbocycles. The zero-order valence-electron chi connectivity index (χ0n) is 9.76. The van der Waals surface area contributed by atoms with Crippen molar-refractivity contribution in [2.75, 3.05) is 18.4 Å². The average Bonchev–Trinajstić information content (AvgIpc) is 3.01. The van der Waals surface area contributed by atoms with Crippen LogP contribution in [0.1, 0.15) is 30.4 Å². The van der Waals surface area contributed by atoms with Gasteiger partial charge >= 0.3 is 0 Å². The summed E-state index contributed by atoms with van der Waals surface area (Å²) in [6, 6.07) is 7.67. The van der Waals surface area contributed by atoms with E-state index < -0.39 is 0 Å². The maximum absolute atomic E-state index is 3.52. The van der Waals surface area contributed by atoms with E-state index in [1.165, 1.54) is 37.8 Å². The van der Waals surface area contributed by atoms with Crippen LogP contribution in [0.3, 0.4) is 0 Å². The second kappa shape index (κ2) is 4.46. The Balaban J connectivity index is 1.49. The predicted octanol–water partition coefficient (Wildman–Crippen LogP) is 2.34. The summed E-state index contributed by atoms with van der Waals surface area (Å²) in [5.74, 6) is 0. The highest BCUT2D eigenvalue weighted by Gasteiger charge is 2.19. The van der Waals surface area contributed by atoms with Crippen LogP contribution in [0.15, 0.2) is 18.2 Å². The molecule has 1 fully saturated rings. The molecule has 2 N–H and O–H groups in total. The lowest BCUT2D eigenvalue weighted by atomic mass is 10.1. The van der Waals surface area contributed by atoms with Crippen LogP contribution in [0.2, 0.25) is 0 Å². The molecule has 0 atom stereocenters. The summed E-state index contributed by atoms with van der Waals surface area (Å²) in [7, 11) is 0. The van der Waals surface area contributed by atoms with Gasteiger partial charge in [0.15, 0.2) is 0 Å². The van der Waals surface area contributed by atoms with Gasteiger partial charge in [0.2, 0.25) is 0 Å². The predicted molar refractivity (Wildman–Crippen MR) is 68.0 cm³/mol. The van der Waals surface area contributed by atoms with Crippen LogP contribution >= 0.6 is 0 Å². The van der Waals surface area contributed by atoms with E-state index in [2.05, 4.69) is 28.8 Å². The van der Waals surface area contributed by atoms with Gasteiger partial charge in [-0.25, -0.2) is 0 Å². The maximum Gasteiger partial charge on any atom is 0.0343 e. The van der Waals surface area contributed by atoms with Crippen LogP contribution in [0.5, 0.6) is 0 Å². The maximum atomic E-state index is 3.52. The smallest absolute Gasteiger partial charge is 0.0343 e. The summed E-state index contributed by atoms with van der Waals surface area (Å²) in [6.07, 6.45) is 6.63. The lowest BCUT2D eigenvalue weighted by molar-refractivity contribution is 0.701. The van der Waals surface area contributed by atoms with Gasteiger partial charge in [-0.05, 0) is 55.4 Å². The van der Waals surface area contributed by atoms with Crippen LogP contribution in [-0.2, 0) is 12.8 Å². The van der Waals surface area contributed by atoms with E-state index in [1.807, 2.05) is 0 Å². The first-order valence-electron chi connectivity index (χ1n) is 6.51. The van der Waals surface area contributed by atoms with Gasteiger partial charge in [-0.2, -0.15) is 0 Å². The molecule has 3 rings (SSSR count). The molecule has 2 heteroatoms. The molecule has 0 saturated heterocycles. The summed E-state index contributed by atoms with van der Waals surface area (Å²) >= 11 is 0. The van der Waals surface area contributed by atoms with Crippen molar-refractivity contribution in [1.82, 2.24) is 5.32 Å². The minimum absolute atomic E-state index is 0.821. The molecule has 0 aromatic heterocycles. The van der Waals surface area contributed by atoms with Crippen molar-refractivity contribution >= 4 is 5.69 Å². The minimum Gasteiger partial charge on any atom is -0.384 e. The molecule has 2 nitrogen and oxygen atoms in total. The largest absolute Gasteiger partial charge is 0.384 e. The third-order valence-electron chi connectivity index (χ3n) is 3.56. The SMILES string of the molecule is c1cc2c(cc1NCCNC1CC1)CCC2. The van der Waals surface area contributed by atoms with Gasteiger partial charge in [-0.1, -0.05) is 6.07 Å². The summed E-state index contributed by atoms with van der Waals surface area (Å²) in [4.78, 5) is 0. The van der Waals surface area contributed by atoms with Crippen molar-refractivity contribution in [3.63, 3.8) is 0 Å². The number of aryl methyl sites for hydroxylation is 2. The number of fused-ring (bicyclic) bond motifs is 1. The number of rotatable bonds is 5. The molecular formula is C14H20N2. The van der Waals surface area contributed by atoms with E-state index in [4.69, 9.17) is 0 Å². The van der Waals surface area contributed by atoms with Gasteiger partial charge in [0.1, 0.15) is 0 Å². The fourth-order valence-corrected chi connectivity index (χ4v) is 2.45. The zero-order chi connectivity index (χ0) is 10.8. The van der Waals surface area contributed by atoms with Gasteiger partial charge in [-0.3, -0.25) is 0 Å². The quantitative estimate of drug-likeness (QED) is 0.738. The fourth-order valence-electron chi connectivity index (χ4n) is 2.45. The Bertz CT molecular complexity index is 369. The molecule has 0 spiro atoms. The van der Waals surface area contributed by atoms with Crippen molar-refractivity contribution in [2.45, 2.75) is 38.1 Å². The van der Waals surface area contributed by atoms with E-state index in [1.54, 1.807) is 11.1 Å². The Morgan fingerprint density at radius 2 is 1.94 bits per heavy atom. The van der Waals surface area contributed by atoms with Gasteiger partial charge in [0.05, 0.1) is 0 Å². The first-order valence-corrected chi connectivity index (χ1v) is 6.51. The van der Waals surface area contributed by atoms with Gasteiger partial charge in [0.25, 0.3) is 0 Å². The van der Waals surface area contributed by atoms with Gasteiger partial charge in [-0.15, -0.1) is 0 Å². The Hall–Kier alpha value is -1.02. The van der Waals surface area contributed by atoms with Crippen molar-refractivity contribution < 1.29 is 0 Å². The Kier molecular flexibility index (Phi) is 2.83. The Labute approximate surface area is 97.4 Å². The highest BCUT2D eigenvalue weighted by atomic mass is 15.0. The van der Waals surface area contributed by atoms with Gasteiger partial charge in [0, 0.05) is 24.8 Å². The van der Waals surface area contributed by atoms with Crippen LogP contribution in [0, 0.1) is 0 Å². The molecule has 0 aliphatic heterocycles. The summed E-state index contributed by atoms with van der Waals surface area (Å²) in [6.45, 7) is 2.12.